The minimum absolute atomic E-state index is 0.0668. The highest BCUT2D eigenvalue weighted by Crippen LogP contribution is 2.27. The number of anilines is 1. The Morgan fingerprint density at radius 3 is 2.95 bits per heavy atom. The van der Waals surface area contributed by atoms with E-state index in [4.69, 9.17) is 0 Å². The summed E-state index contributed by atoms with van der Waals surface area (Å²) in [6.45, 7) is 4.20. The van der Waals surface area contributed by atoms with Crippen LogP contribution in [-0.2, 0) is 11.2 Å². The Kier molecular flexibility index (Phi) is 4.33. The largest absolute Gasteiger partial charge is 0.350 e. The van der Waals surface area contributed by atoms with Gasteiger partial charge in [-0.2, -0.15) is 0 Å². The molecule has 1 aromatic rings. The third-order valence-corrected chi connectivity index (χ3v) is 5.42. The van der Waals surface area contributed by atoms with E-state index in [0.29, 0.717) is 5.13 Å². The molecule has 2 aliphatic rings. The molecule has 1 saturated heterocycles. The van der Waals surface area contributed by atoms with Gasteiger partial charge in [0.2, 0.25) is 5.91 Å². The van der Waals surface area contributed by atoms with E-state index >= 15 is 0 Å². The number of thiazole rings is 1. The molecule has 2 atom stereocenters. The molecular weight excluding hydrogens is 300 g/mol. The van der Waals surface area contributed by atoms with Crippen molar-refractivity contribution in [3.63, 3.8) is 0 Å². The molecule has 1 aliphatic carbocycles. The first kappa shape index (κ1) is 15.3. The Labute approximate surface area is 134 Å². The number of hydrogen-bond acceptors (Lipinski definition) is 4. The molecule has 3 rings (SSSR count). The van der Waals surface area contributed by atoms with Gasteiger partial charge in [-0.1, -0.05) is 19.8 Å². The van der Waals surface area contributed by atoms with E-state index in [1.54, 1.807) is 4.90 Å². The summed E-state index contributed by atoms with van der Waals surface area (Å²) in [5.74, 6) is -0.0668. The normalized spacial score (nSPS) is 24.6. The summed E-state index contributed by atoms with van der Waals surface area (Å²) in [6, 6.07) is 0.00583. The second kappa shape index (κ2) is 6.24. The molecule has 120 valence electrons. The van der Waals surface area contributed by atoms with Crippen molar-refractivity contribution in [3.8, 4) is 0 Å². The van der Waals surface area contributed by atoms with E-state index < -0.39 is 0 Å². The summed E-state index contributed by atoms with van der Waals surface area (Å²) in [7, 11) is 0. The molecule has 0 spiro atoms. The second-order valence-corrected chi connectivity index (χ2v) is 7.16. The molecule has 2 heterocycles. The van der Waals surface area contributed by atoms with Gasteiger partial charge in [0.05, 0.1) is 11.7 Å². The van der Waals surface area contributed by atoms with Crippen LogP contribution in [0.15, 0.2) is 0 Å². The lowest BCUT2D eigenvalue weighted by Gasteiger charge is -2.43. The summed E-state index contributed by atoms with van der Waals surface area (Å²) >= 11 is 1.49. The number of rotatable bonds is 2. The van der Waals surface area contributed by atoms with Crippen LogP contribution < -0.4 is 10.6 Å². The molecule has 22 heavy (non-hydrogen) atoms. The first-order chi connectivity index (χ1) is 10.6. The molecule has 1 saturated carbocycles. The Morgan fingerprint density at radius 2 is 2.23 bits per heavy atom. The average Bonchev–Trinajstić information content (AvgIpc) is 2.85. The number of hydrogen-bond donors (Lipinski definition) is 2. The van der Waals surface area contributed by atoms with Crippen molar-refractivity contribution in [2.24, 2.45) is 0 Å². The van der Waals surface area contributed by atoms with Crippen LogP contribution in [0.4, 0.5) is 9.93 Å². The van der Waals surface area contributed by atoms with Crippen molar-refractivity contribution >= 4 is 28.4 Å². The summed E-state index contributed by atoms with van der Waals surface area (Å²) in [4.78, 5) is 31.7. The lowest BCUT2D eigenvalue weighted by atomic mass is 9.87. The van der Waals surface area contributed by atoms with E-state index in [-0.39, 0.29) is 30.6 Å². The number of piperazine rings is 1. The highest BCUT2D eigenvalue weighted by Gasteiger charge is 2.39. The standard InChI is InChI=1S/C15H22N4O2S/c1-3-10-9(2)22-14(17-10)18-15(21)19-8-13(20)16-11-6-4-5-7-12(11)19/h11-12H,3-8H2,1-2H3,(H,16,20)(H,17,18,21)/t11-,12+/m0/s1. The number of carbonyl (C=O) groups excluding carboxylic acids is 2. The highest BCUT2D eigenvalue weighted by atomic mass is 32.1. The van der Waals surface area contributed by atoms with Gasteiger partial charge in [0, 0.05) is 10.9 Å². The number of aryl methyl sites for hydroxylation is 2. The number of urea groups is 1. The van der Waals surface area contributed by atoms with Gasteiger partial charge >= 0.3 is 6.03 Å². The molecule has 1 aliphatic heterocycles. The van der Waals surface area contributed by atoms with Crippen molar-refractivity contribution in [1.29, 1.82) is 0 Å². The van der Waals surface area contributed by atoms with Gasteiger partial charge in [-0.25, -0.2) is 9.78 Å². The van der Waals surface area contributed by atoms with E-state index in [0.717, 1.165) is 42.7 Å². The van der Waals surface area contributed by atoms with Crippen LogP contribution in [0, 0.1) is 6.92 Å². The van der Waals surface area contributed by atoms with E-state index in [1.165, 1.54) is 11.3 Å². The van der Waals surface area contributed by atoms with Crippen molar-refractivity contribution in [2.75, 3.05) is 11.9 Å². The number of nitrogens with one attached hydrogen (secondary N) is 2. The van der Waals surface area contributed by atoms with Gasteiger partial charge in [-0.3, -0.25) is 10.1 Å². The molecule has 6 nitrogen and oxygen atoms in total. The maximum atomic E-state index is 12.6. The van der Waals surface area contributed by atoms with Crippen molar-refractivity contribution in [2.45, 2.75) is 58.0 Å². The smallest absolute Gasteiger partial charge is 0.324 e. The van der Waals surface area contributed by atoms with Crippen LogP contribution >= 0.6 is 11.3 Å². The Morgan fingerprint density at radius 1 is 1.45 bits per heavy atom. The first-order valence-corrected chi connectivity index (χ1v) is 8.73. The predicted octanol–water partition coefficient (Wildman–Crippen LogP) is 2.29. The van der Waals surface area contributed by atoms with Crippen LogP contribution in [0.2, 0.25) is 0 Å². The van der Waals surface area contributed by atoms with Gasteiger partial charge in [0.25, 0.3) is 0 Å². The van der Waals surface area contributed by atoms with Gasteiger partial charge < -0.3 is 10.2 Å². The molecule has 2 fully saturated rings. The van der Waals surface area contributed by atoms with E-state index in [9.17, 15) is 9.59 Å². The molecule has 3 amide bonds. The number of aromatic nitrogens is 1. The SMILES string of the molecule is CCc1nc(NC(=O)N2CC(=O)N[C@H]3CCCC[C@H]32)sc1C. The molecule has 0 unspecified atom stereocenters. The zero-order chi connectivity index (χ0) is 15.7. The third kappa shape index (κ3) is 2.95. The fourth-order valence-electron chi connectivity index (χ4n) is 3.37. The van der Waals surface area contributed by atoms with Crippen LogP contribution in [0.5, 0.6) is 0 Å². The quantitative estimate of drug-likeness (QED) is 0.877. The van der Waals surface area contributed by atoms with Crippen LogP contribution in [0.1, 0.15) is 43.2 Å². The summed E-state index contributed by atoms with van der Waals surface area (Å²) in [5.41, 5.74) is 1.02. The highest BCUT2D eigenvalue weighted by molar-refractivity contribution is 7.15. The van der Waals surface area contributed by atoms with Crippen LogP contribution in [0.25, 0.3) is 0 Å². The summed E-state index contributed by atoms with van der Waals surface area (Å²) in [5, 5.41) is 6.51. The molecular formula is C15H22N4O2S. The van der Waals surface area contributed by atoms with Crippen molar-refractivity contribution in [1.82, 2.24) is 15.2 Å². The topological polar surface area (TPSA) is 74.3 Å². The Balaban J connectivity index is 1.73. The molecule has 0 bridgehead atoms. The lowest BCUT2D eigenvalue weighted by molar-refractivity contribution is -0.126. The number of carbonyl (C=O) groups is 2. The number of amides is 3. The first-order valence-electron chi connectivity index (χ1n) is 7.91. The van der Waals surface area contributed by atoms with Crippen molar-refractivity contribution in [3.05, 3.63) is 10.6 Å². The molecule has 7 heteroatoms. The maximum Gasteiger partial charge on any atom is 0.324 e. The zero-order valence-electron chi connectivity index (χ0n) is 13.0. The van der Waals surface area contributed by atoms with Gasteiger partial charge in [0.1, 0.15) is 6.54 Å². The Hall–Kier alpha value is -1.63. The third-order valence-electron chi connectivity index (χ3n) is 4.49. The number of fused-ring (bicyclic) bond motifs is 1. The van der Waals surface area contributed by atoms with E-state index in [2.05, 4.69) is 22.5 Å². The Bertz CT molecular complexity index is 586. The second-order valence-electron chi connectivity index (χ2n) is 5.96. The number of nitrogens with zero attached hydrogens (tertiary/aromatic N) is 2. The fraction of sp³-hybridized carbons (Fsp3) is 0.667. The minimum Gasteiger partial charge on any atom is -0.350 e. The maximum absolute atomic E-state index is 12.6. The van der Waals surface area contributed by atoms with E-state index in [1.807, 2.05) is 6.92 Å². The molecule has 1 aromatic heterocycles. The monoisotopic (exact) mass is 322 g/mol. The van der Waals surface area contributed by atoms with Gasteiger partial charge in [-0.05, 0) is 26.2 Å². The average molecular weight is 322 g/mol. The lowest BCUT2D eigenvalue weighted by Crippen LogP contribution is -2.63. The van der Waals surface area contributed by atoms with Crippen molar-refractivity contribution < 1.29 is 9.59 Å². The predicted molar refractivity (Wildman–Crippen MR) is 86.1 cm³/mol. The van der Waals surface area contributed by atoms with Crippen LogP contribution in [-0.4, -0.2) is 40.5 Å². The molecule has 2 N–H and O–H groups in total. The van der Waals surface area contributed by atoms with Gasteiger partial charge in [0.15, 0.2) is 5.13 Å². The van der Waals surface area contributed by atoms with Crippen LogP contribution in [0.3, 0.4) is 0 Å². The fourth-order valence-corrected chi connectivity index (χ4v) is 4.26. The molecule has 0 radical (unpaired) electrons. The minimum atomic E-state index is -0.205. The molecule has 0 aromatic carbocycles. The van der Waals surface area contributed by atoms with Gasteiger partial charge in [-0.15, -0.1) is 11.3 Å². The summed E-state index contributed by atoms with van der Waals surface area (Å²) < 4.78 is 0. The zero-order valence-corrected chi connectivity index (χ0v) is 13.8. The summed E-state index contributed by atoms with van der Waals surface area (Å²) in [6.07, 6.45) is 4.99.